The molecule has 4 rings (SSSR count). The van der Waals surface area contributed by atoms with E-state index >= 15 is 0 Å². The van der Waals surface area contributed by atoms with Crippen LogP contribution in [0.2, 0.25) is 0 Å². The monoisotopic (exact) mass is 324 g/mol. The van der Waals surface area contributed by atoms with Gasteiger partial charge in [-0.3, -0.25) is 9.59 Å². The molecule has 2 aromatic rings. The lowest BCUT2D eigenvalue weighted by molar-refractivity contribution is -0.121. The molecule has 0 radical (unpaired) electrons. The molecular weight excluding hydrogens is 304 g/mol. The largest absolute Gasteiger partial charge is 0.369 e. The molecule has 6 nitrogen and oxygen atoms in total. The number of amides is 2. The predicted molar refractivity (Wildman–Crippen MR) is 91.7 cm³/mol. The van der Waals surface area contributed by atoms with Crippen LogP contribution in [0.25, 0.3) is 10.9 Å². The van der Waals surface area contributed by atoms with Crippen LogP contribution in [0, 0.1) is 5.92 Å². The zero-order valence-electron chi connectivity index (χ0n) is 13.4. The summed E-state index contributed by atoms with van der Waals surface area (Å²) in [6.45, 7) is 1.28. The molecule has 1 aliphatic heterocycles. The van der Waals surface area contributed by atoms with E-state index in [1.54, 1.807) is 0 Å². The number of hydrogen-bond donors (Lipinski definition) is 2. The van der Waals surface area contributed by atoms with Crippen LogP contribution in [0.4, 0.5) is 5.82 Å². The predicted octanol–water partition coefficient (Wildman–Crippen LogP) is 1.44. The lowest BCUT2D eigenvalue weighted by Crippen LogP contribution is -2.29. The smallest absolute Gasteiger partial charge is 0.252 e. The van der Waals surface area contributed by atoms with Gasteiger partial charge in [-0.15, -0.1) is 0 Å². The number of para-hydroxylation sites is 1. The number of hydrogen-bond acceptors (Lipinski definition) is 4. The van der Waals surface area contributed by atoms with Crippen LogP contribution in [0.1, 0.15) is 29.6 Å². The van der Waals surface area contributed by atoms with Crippen molar-refractivity contribution in [2.24, 2.45) is 11.7 Å². The summed E-state index contributed by atoms with van der Waals surface area (Å²) in [4.78, 5) is 30.7. The van der Waals surface area contributed by atoms with Gasteiger partial charge in [0, 0.05) is 24.5 Å². The Hall–Kier alpha value is -2.63. The molecule has 2 fully saturated rings. The van der Waals surface area contributed by atoms with Crippen molar-refractivity contribution < 1.29 is 9.59 Å². The van der Waals surface area contributed by atoms with Gasteiger partial charge in [-0.1, -0.05) is 18.2 Å². The number of fused-ring (bicyclic) bond motifs is 1. The fourth-order valence-electron chi connectivity index (χ4n) is 3.20. The third kappa shape index (κ3) is 2.79. The number of pyridine rings is 1. The molecule has 1 aromatic carbocycles. The molecule has 1 atom stereocenters. The Kier molecular flexibility index (Phi) is 3.59. The summed E-state index contributed by atoms with van der Waals surface area (Å²) in [5.74, 6) is 0.258. The number of anilines is 1. The van der Waals surface area contributed by atoms with E-state index in [0.717, 1.165) is 42.5 Å². The number of rotatable bonds is 4. The van der Waals surface area contributed by atoms with Crippen molar-refractivity contribution in [1.29, 1.82) is 0 Å². The second-order valence-electron chi connectivity index (χ2n) is 6.63. The molecule has 1 aliphatic carbocycles. The zero-order chi connectivity index (χ0) is 16.7. The van der Waals surface area contributed by atoms with E-state index < -0.39 is 0 Å². The van der Waals surface area contributed by atoms with E-state index in [1.165, 1.54) is 0 Å². The van der Waals surface area contributed by atoms with Crippen molar-refractivity contribution in [2.45, 2.75) is 25.3 Å². The van der Waals surface area contributed by atoms with Crippen molar-refractivity contribution in [3.05, 3.63) is 35.9 Å². The average Bonchev–Trinajstić information content (AvgIpc) is 3.25. The van der Waals surface area contributed by atoms with Crippen molar-refractivity contribution >= 4 is 28.5 Å². The first kappa shape index (κ1) is 14.9. The van der Waals surface area contributed by atoms with Crippen molar-refractivity contribution in [3.8, 4) is 0 Å². The minimum Gasteiger partial charge on any atom is -0.369 e. The summed E-state index contributed by atoms with van der Waals surface area (Å²) < 4.78 is 0. The van der Waals surface area contributed by atoms with E-state index in [4.69, 9.17) is 5.73 Å². The minimum absolute atomic E-state index is 0.0528. The van der Waals surface area contributed by atoms with Gasteiger partial charge in [0.15, 0.2) is 0 Å². The van der Waals surface area contributed by atoms with Crippen LogP contribution >= 0.6 is 0 Å². The van der Waals surface area contributed by atoms with Crippen LogP contribution < -0.4 is 16.0 Å². The van der Waals surface area contributed by atoms with Crippen LogP contribution in [0.3, 0.4) is 0 Å². The number of benzene rings is 1. The molecule has 124 valence electrons. The SMILES string of the molecule is NC(=O)C1CCN(c2cc(C(=O)NC3CC3)c3ccccc3n2)C1. The molecule has 2 aliphatic rings. The lowest BCUT2D eigenvalue weighted by atomic mass is 10.1. The first-order valence-electron chi connectivity index (χ1n) is 8.37. The summed E-state index contributed by atoms with van der Waals surface area (Å²) in [5, 5.41) is 3.90. The summed E-state index contributed by atoms with van der Waals surface area (Å²) >= 11 is 0. The molecule has 2 heterocycles. The quantitative estimate of drug-likeness (QED) is 0.891. The maximum Gasteiger partial charge on any atom is 0.252 e. The highest BCUT2D eigenvalue weighted by atomic mass is 16.2. The van der Waals surface area contributed by atoms with E-state index in [2.05, 4.69) is 10.3 Å². The lowest BCUT2D eigenvalue weighted by Gasteiger charge is -2.19. The molecular formula is C18H20N4O2. The van der Waals surface area contributed by atoms with Gasteiger partial charge in [0.05, 0.1) is 17.0 Å². The first-order valence-corrected chi connectivity index (χ1v) is 8.37. The van der Waals surface area contributed by atoms with Crippen LogP contribution in [0.15, 0.2) is 30.3 Å². The number of nitrogens with two attached hydrogens (primary N) is 1. The van der Waals surface area contributed by atoms with Gasteiger partial charge in [-0.05, 0) is 31.4 Å². The van der Waals surface area contributed by atoms with Crippen molar-refractivity contribution in [3.63, 3.8) is 0 Å². The fraction of sp³-hybridized carbons (Fsp3) is 0.389. The Labute approximate surface area is 140 Å². The Balaban J connectivity index is 1.71. The third-order valence-corrected chi connectivity index (χ3v) is 4.77. The summed E-state index contributed by atoms with van der Waals surface area (Å²) in [6.07, 6.45) is 2.83. The highest BCUT2D eigenvalue weighted by Crippen LogP contribution is 2.28. The number of nitrogens with zero attached hydrogens (tertiary/aromatic N) is 2. The highest BCUT2D eigenvalue weighted by molar-refractivity contribution is 6.07. The number of carbonyl (C=O) groups excluding carboxylic acids is 2. The van der Waals surface area contributed by atoms with Gasteiger partial charge in [-0.25, -0.2) is 4.98 Å². The first-order chi connectivity index (χ1) is 11.6. The van der Waals surface area contributed by atoms with E-state index in [0.29, 0.717) is 18.2 Å². The molecule has 0 spiro atoms. The maximum absolute atomic E-state index is 12.6. The van der Waals surface area contributed by atoms with Crippen LogP contribution in [-0.2, 0) is 4.79 Å². The minimum atomic E-state index is -0.273. The second kappa shape index (κ2) is 5.78. The molecule has 1 saturated carbocycles. The molecule has 1 saturated heterocycles. The van der Waals surface area contributed by atoms with Gasteiger partial charge < -0.3 is 16.0 Å². The molecule has 1 unspecified atom stereocenters. The summed E-state index contributed by atoms with van der Waals surface area (Å²) in [5.41, 5.74) is 6.85. The van der Waals surface area contributed by atoms with Crippen LogP contribution in [-0.4, -0.2) is 35.9 Å². The van der Waals surface area contributed by atoms with Gasteiger partial charge in [0.25, 0.3) is 5.91 Å². The molecule has 1 aromatic heterocycles. The molecule has 6 heteroatoms. The van der Waals surface area contributed by atoms with Gasteiger partial charge in [-0.2, -0.15) is 0 Å². The Morgan fingerprint density at radius 1 is 1.21 bits per heavy atom. The van der Waals surface area contributed by atoms with Gasteiger partial charge >= 0.3 is 0 Å². The average molecular weight is 324 g/mol. The molecule has 0 bridgehead atoms. The Morgan fingerprint density at radius 2 is 2.00 bits per heavy atom. The number of nitrogens with one attached hydrogen (secondary N) is 1. The van der Waals surface area contributed by atoms with E-state index in [-0.39, 0.29) is 17.7 Å². The standard InChI is InChI=1S/C18H20N4O2/c19-17(23)11-7-8-22(10-11)16-9-14(18(24)20-12-5-6-12)13-3-1-2-4-15(13)21-16/h1-4,9,11-12H,5-8,10H2,(H2,19,23)(H,20,24). The van der Waals surface area contributed by atoms with Gasteiger partial charge in [0.2, 0.25) is 5.91 Å². The maximum atomic E-state index is 12.6. The number of primary amides is 1. The topological polar surface area (TPSA) is 88.3 Å². The Morgan fingerprint density at radius 3 is 2.71 bits per heavy atom. The molecule has 2 amide bonds. The third-order valence-electron chi connectivity index (χ3n) is 4.77. The van der Waals surface area contributed by atoms with E-state index in [1.807, 2.05) is 35.2 Å². The summed E-state index contributed by atoms with van der Waals surface area (Å²) in [6, 6.07) is 9.80. The number of aromatic nitrogens is 1. The normalized spacial score (nSPS) is 20.3. The van der Waals surface area contributed by atoms with Crippen LogP contribution in [0.5, 0.6) is 0 Å². The zero-order valence-corrected chi connectivity index (χ0v) is 13.4. The highest BCUT2D eigenvalue weighted by Gasteiger charge is 2.29. The Bertz CT molecular complexity index is 816. The molecule has 24 heavy (non-hydrogen) atoms. The van der Waals surface area contributed by atoms with Crippen molar-refractivity contribution in [2.75, 3.05) is 18.0 Å². The number of carbonyl (C=O) groups is 2. The van der Waals surface area contributed by atoms with E-state index in [9.17, 15) is 9.59 Å². The van der Waals surface area contributed by atoms with Crippen molar-refractivity contribution in [1.82, 2.24) is 10.3 Å². The fourth-order valence-corrected chi connectivity index (χ4v) is 3.20. The second-order valence-corrected chi connectivity index (χ2v) is 6.63. The molecule has 3 N–H and O–H groups in total. The summed E-state index contributed by atoms with van der Waals surface area (Å²) in [7, 11) is 0. The van der Waals surface area contributed by atoms with Gasteiger partial charge in [0.1, 0.15) is 5.82 Å².